The van der Waals surface area contributed by atoms with Gasteiger partial charge in [0.25, 0.3) is 0 Å². The summed E-state index contributed by atoms with van der Waals surface area (Å²) in [4.78, 5) is 54.1. The van der Waals surface area contributed by atoms with Crippen molar-refractivity contribution in [3.8, 4) is 11.5 Å². The van der Waals surface area contributed by atoms with Crippen molar-refractivity contribution in [3.63, 3.8) is 0 Å². The first-order valence-corrected chi connectivity index (χ1v) is 11.8. The van der Waals surface area contributed by atoms with E-state index < -0.39 is 41.2 Å². The second kappa shape index (κ2) is 9.73. The van der Waals surface area contributed by atoms with Gasteiger partial charge >= 0.3 is 5.97 Å². The molecule has 2 amide bonds. The van der Waals surface area contributed by atoms with Gasteiger partial charge < -0.3 is 14.2 Å². The number of ether oxygens (including phenoxy) is 3. The van der Waals surface area contributed by atoms with Crippen LogP contribution in [0.25, 0.3) is 0 Å². The van der Waals surface area contributed by atoms with Crippen molar-refractivity contribution < 1.29 is 33.4 Å². The number of rotatable bonds is 8. The summed E-state index contributed by atoms with van der Waals surface area (Å²) in [7, 11) is 4.31. The summed E-state index contributed by atoms with van der Waals surface area (Å²) in [5, 5.41) is 3.33. The monoisotopic (exact) mass is 494 g/mol. The molecule has 0 aliphatic carbocycles. The van der Waals surface area contributed by atoms with Crippen molar-refractivity contribution in [1.29, 1.82) is 0 Å². The molecule has 0 bridgehead atoms. The van der Waals surface area contributed by atoms with E-state index in [2.05, 4.69) is 5.32 Å². The molecular formula is C27H30N2O7. The van der Waals surface area contributed by atoms with Crippen LogP contribution in [0, 0.1) is 11.8 Å². The highest BCUT2D eigenvalue weighted by molar-refractivity contribution is 6.24. The van der Waals surface area contributed by atoms with E-state index in [-0.39, 0.29) is 5.78 Å². The van der Waals surface area contributed by atoms with Gasteiger partial charge in [-0.3, -0.25) is 24.5 Å². The lowest BCUT2D eigenvalue weighted by atomic mass is 9.77. The number of methoxy groups -OCH3 is 3. The maximum absolute atomic E-state index is 13.9. The zero-order valence-electron chi connectivity index (χ0n) is 21.0. The summed E-state index contributed by atoms with van der Waals surface area (Å²) >= 11 is 0. The summed E-state index contributed by atoms with van der Waals surface area (Å²) in [6, 6.07) is 11.0. The number of imide groups is 1. The number of carbonyl (C=O) groups is 4. The second-order valence-electron chi connectivity index (χ2n) is 9.07. The smallest absolute Gasteiger partial charge is 0.326 e. The Labute approximate surface area is 209 Å². The normalized spacial score (nSPS) is 25.0. The number of hydrogen-bond donors (Lipinski definition) is 1. The van der Waals surface area contributed by atoms with Crippen molar-refractivity contribution >= 4 is 29.3 Å². The number of benzene rings is 2. The van der Waals surface area contributed by atoms with Crippen molar-refractivity contribution in [3.05, 3.63) is 53.6 Å². The Balaban J connectivity index is 1.88. The van der Waals surface area contributed by atoms with Crippen LogP contribution in [0.3, 0.4) is 0 Å². The van der Waals surface area contributed by atoms with Crippen LogP contribution in [0.1, 0.15) is 48.7 Å². The van der Waals surface area contributed by atoms with Crippen LogP contribution < -0.4 is 19.7 Å². The van der Waals surface area contributed by atoms with Gasteiger partial charge in [0.2, 0.25) is 11.8 Å². The Kier molecular flexibility index (Phi) is 6.86. The molecule has 2 saturated heterocycles. The lowest BCUT2D eigenvalue weighted by Crippen LogP contribution is -2.56. The first-order valence-electron chi connectivity index (χ1n) is 11.8. The highest BCUT2D eigenvalue weighted by Crippen LogP contribution is 2.52. The van der Waals surface area contributed by atoms with Gasteiger partial charge in [-0.25, -0.2) is 4.90 Å². The molecule has 2 aromatic carbocycles. The molecule has 0 saturated carbocycles. The number of nitrogens with zero attached hydrogens (tertiary/aromatic N) is 1. The standard InChI is InChI=1S/C27H30N2O7/c1-6-12-27(26(33)36-5)22-21(23(28-27)17-10-11-19(34-3)20(14-17)35-4)24(31)29(25(22)32)18-9-7-8-16(13-18)15(2)30/h7-11,13-14,21-23,28H,6,12H2,1-5H3/t21-,22+,23-,27-/m0/s1. The van der Waals surface area contributed by atoms with Crippen LogP contribution >= 0.6 is 0 Å². The number of Topliss-reactive ketones (excluding diaryl/α,β-unsaturated/α-hetero) is 1. The zero-order valence-corrected chi connectivity index (χ0v) is 21.0. The van der Waals surface area contributed by atoms with Crippen LogP contribution in [0.15, 0.2) is 42.5 Å². The maximum atomic E-state index is 13.9. The molecule has 2 aromatic rings. The van der Waals surface area contributed by atoms with E-state index in [9.17, 15) is 19.2 Å². The van der Waals surface area contributed by atoms with Gasteiger partial charge in [0, 0.05) is 11.6 Å². The Morgan fingerprint density at radius 1 is 1.00 bits per heavy atom. The molecule has 0 aromatic heterocycles. The van der Waals surface area contributed by atoms with Crippen LogP contribution in [-0.4, -0.2) is 50.4 Å². The van der Waals surface area contributed by atoms with Crippen molar-refractivity contribution in [2.75, 3.05) is 26.2 Å². The Morgan fingerprint density at radius 2 is 1.72 bits per heavy atom. The molecule has 9 nitrogen and oxygen atoms in total. The van der Waals surface area contributed by atoms with Gasteiger partial charge in [0.15, 0.2) is 17.3 Å². The molecule has 36 heavy (non-hydrogen) atoms. The number of amides is 2. The molecule has 2 heterocycles. The van der Waals surface area contributed by atoms with Crippen LogP contribution in [-0.2, 0) is 19.1 Å². The third-order valence-corrected chi connectivity index (χ3v) is 7.13. The lowest BCUT2D eigenvalue weighted by molar-refractivity contribution is -0.152. The quantitative estimate of drug-likeness (QED) is 0.339. The topological polar surface area (TPSA) is 111 Å². The van der Waals surface area contributed by atoms with E-state index in [1.165, 1.54) is 34.3 Å². The third-order valence-electron chi connectivity index (χ3n) is 7.13. The van der Waals surface area contributed by atoms with Gasteiger partial charge in [0.1, 0.15) is 5.54 Å². The Hall–Kier alpha value is -3.72. The number of ketones is 1. The molecule has 0 unspecified atom stereocenters. The average Bonchev–Trinajstić information content (AvgIpc) is 3.37. The molecule has 1 N–H and O–H groups in total. The largest absolute Gasteiger partial charge is 0.493 e. The van der Waals surface area contributed by atoms with Crippen molar-refractivity contribution in [2.24, 2.45) is 11.8 Å². The number of esters is 1. The zero-order chi connectivity index (χ0) is 26.2. The molecule has 4 atom stereocenters. The fraction of sp³-hybridized carbons (Fsp3) is 0.407. The molecule has 0 radical (unpaired) electrons. The number of hydrogen-bond acceptors (Lipinski definition) is 8. The number of carbonyl (C=O) groups excluding carboxylic acids is 4. The van der Waals surface area contributed by atoms with Gasteiger partial charge in [-0.2, -0.15) is 0 Å². The van der Waals surface area contributed by atoms with E-state index in [1.807, 2.05) is 6.92 Å². The molecule has 2 aliphatic heterocycles. The predicted octanol–water partition coefficient (Wildman–Crippen LogP) is 3.07. The minimum atomic E-state index is -1.40. The number of fused-ring (bicyclic) bond motifs is 1. The van der Waals surface area contributed by atoms with Gasteiger partial charge in [0.05, 0.1) is 38.9 Å². The molecule has 2 fully saturated rings. The number of nitrogens with one attached hydrogen (secondary N) is 1. The fourth-order valence-corrected chi connectivity index (χ4v) is 5.55. The molecule has 9 heteroatoms. The van der Waals surface area contributed by atoms with Crippen LogP contribution in [0.5, 0.6) is 11.5 Å². The van der Waals surface area contributed by atoms with E-state index in [0.29, 0.717) is 41.2 Å². The van der Waals surface area contributed by atoms with Gasteiger partial charge in [-0.1, -0.05) is 31.5 Å². The molecule has 4 rings (SSSR count). The summed E-state index contributed by atoms with van der Waals surface area (Å²) in [6.07, 6.45) is 0.871. The highest BCUT2D eigenvalue weighted by atomic mass is 16.5. The summed E-state index contributed by atoms with van der Waals surface area (Å²) in [5.74, 6) is -2.61. The van der Waals surface area contributed by atoms with E-state index >= 15 is 0 Å². The molecule has 190 valence electrons. The average molecular weight is 495 g/mol. The van der Waals surface area contributed by atoms with E-state index in [0.717, 1.165) is 4.90 Å². The Bertz CT molecular complexity index is 1230. The highest BCUT2D eigenvalue weighted by Gasteiger charge is 2.68. The first-order chi connectivity index (χ1) is 17.2. The predicted molar refractivity (Wildman–Crippen MR) is 131 cm³/mol. The minimum Gasteiger partial charge on any atom is -0.493 e. The minimum absolute atomic E-state index is 0.184. The van der Waals surface area contributed by atoms with Crippen molar-refractivity contribution in [2.45, 2.75) is 38.3 Å². The first kappa shape index (κ1) is 25.4. The van der Waals surface area contributed by atoms with E-state index in [1.54, 1.807) is 36.4 Å². The van der Waals surface area contributed by atoms with Crippen molar-refractivity contribution in [1.82, 2.24) is 5.32 Å². The molecule has 0 spiro atoms. The molecular weight excluding hydrogens is 464 g/mol. The summed E-state index contributed by atoms with van der Waals surface area (Å²) < 4.78 is 16.0. The maximum Gasteiger partial charge on any atom is 0.326 e. The van der Waals surface area contributed by atoms with Gasteiger partial charge in [-0.15, -0.1) is 0 Å². The summed E-state index contributed by atoms with van der Waals surface area (Å²) in [5.41, 5.74) is -0.0444. The SMILES string of the molecule is CCC[C@]1(C(=O)OC)N[C@@H](c2ccc(OC)c(OC)c2)[C@H]2C(=O)N(c3cccc(C(C)=O)c3)C(=O)[C@@H]21. The Morgan fingerprint density at radius 3 is 2.33 bits per heavy atom. The third kappa shape index (κ3) is 3.83. The van der Waals surface area contributed by atoms with E-state index in [4.69, 9.17) is 14.2 Å². The van der Waals surface area contributed by atoms with Gasteiger partial charge in [-0.05, 0) is 43.2 Å². The summed E-state index contributed by atoms with van der Waals surface area (Å²) in [6.45, 7) is 3.32. The van der Waals surface area contributed by atoms with Crippen LogP contribution in [0.4, 0.5) is 5.69 Å². The second-order valence-corrected chi connectivity index (χ2v) is 9.07. The molecule has 2 aliphatic rings. The lowest BCUT2D eigenvalue weighted by Gasteiger charge is -2.32. The van der Waals surface area contributed by atoms with Crippen LogP contribution in [0.2, 0.25) is 0 Å². The fourth-order valence-electron chi connectivity index (χ4n) is 5.55. The number of anilines is 1.